The van der Waals surface area contributed by atoms with E-state index in [-0.39, 0.29) is 12.4 Å². The standard InChI is InChI=1S/C13H10BrFN2O4S/c14-9-3-1-8(2-4-9)11-6-13(21-16-11)17-7-10(5-12(17)18)22(15,19)20/h1-4,6,10H,5,7H2. The summed E-state index contributed by atoms with van der Waals surface area (Å²) >= 11 is 3.32. The fourth-order valence-electron chi connectivity index (χ4n) is 2.23. The van der Waals surface area contributed by atoms with Crippen LogP contribution in [-0.2, 0) is 15.0 Å². The molecular formula is C13H10BrFN2O4S. The predicted octanol–water partition coefficient (Wildman–Crippen LogP) is 2.51. The minimum absolute atomic E-state index is 0.106. The molecular weight excluding hydrogens is 379 g/mol. The van der Waals surface area contributed by atoms with Crippen molar-refractivity contribution < 1.29 is 21.6 Å². The van der Waals surface area contributed by atoms with Crippen molar-refractivity contribution in [2.45, 2.75) is 11.7 Å². The summed E-state index contributed by atoms with van der Waals surface area (Å²) in [4.78, 5) is 12.9. The van der Waals surface area contributed by atoms with Crippen LogP contribution in [0.25, 0.3) is 11.3 Å². The Hall–Kier alpha value is -1.74. The zero-order chi connectivity index (χ0) is 15.9. The number of anilines is 1. The second-order valence-electron chi connectivity index (χ2n) is 4.86. The quantitative estimate of drug-likeness (QED) is 0.754. The minimum Gasteiger partial charge on any atom is -0.338 e. The Balaban J connectivity index is 1.85. The lowest BCUT2D eigenvalue weighted by Crippen LogP contribution is -2.26. The van der Waals surface area contributed by atoms with Gasteiger partial charge in [-0.15, -0.1) is 3.89 Å². The van der Waals surface area contributed by atoms with E-state index in [1.165, 1.54) is 6.07 Å². The number of hydrogen-bond donors (Lipinski definition) is 0. The third kappa shape index (κ3) is 2.91. The maximum Gasteiger partial charge on any atom is 0.307 e. The zero-order valence-corrected chi connectivity index (χ0v) is 13.5. The Bertz CT molecular complexity index is 819. The molecule has 2 aromatic rings. The first-order valence-electron chi connectivity index (χ1n) is 6.31. The molecule has 1 saturated heterocycles. The van der Waals surface area contributed by atoms with Crippen LogP contribution in [0.2, 0.25) is 0 Å². The number of halogens is 2. The van der Waals surface area contributed by atoms with Crippen LogP contribution >= 0.6 is 15.9 Å². The third-order valence-corrected chi connectivity index (χ3v) is 5.03. The molecule has 1 amide bonds. The average Bonchev–Trinajstić information content (AvgIpc) is 3.05. The molecule has 1 atom stereocenters. The molecule has 6 nitrogen and oxygen atoms in total. The molecule has 1 unspecified atom stereocenters. The van der Waals surface area contributed by atoms with E-state index in [4.69, 9.17) is 4.52 Å². The van der Waals surface area contributed by atoms with Gasteiger partial charge in [0.15, 0.2) is 0 Å². The summed E-state index contributed by atoms with van der Waals surface area (Å²) in [5, 5.41) is 2.49. The maximum atomic E-state index is 13.0. The van der Waals surface area contributed by atoms with Gasteiger partial charge >= 0.3 is 10.2 Å². The number of nitrogens with zero attached hydrogens (tertiary/aromatic N) is 2. The second kappa shape index (κ2) is 5.47. The number of carbonyl (C=O) groups is 1. The van der Waals surface area contributed by atoms with Crippen molar-refractivity contribution in [3.63, 3.8) is 0 Å². The molecule has 0 bridgehead atoms. The van der Waals surface area contributed by atoms with Crippen LogP contribution in [0.4, 0.5) is 9.77 Å². The van der Waals surface area contributed by atoms with Crippen LogP contribution in [-0.4, -0.2) is 31.3 Å². The number of benzene rings is 1. The van der Waals surface area contributed by atoms with E-state index in [9.17, 15) is 17.1 Å². The molecule has 1 aliphatic heterocycles. The largest absolute Gasteiger partial charge is 0.338 e. The van der Waals surface area contributed by atoms with E-state index in [1.807, 2.05) is 24.3 Å². The molecule has 9 heteroatoms. The van der Waals surface area contributed by atoms with Crippen molar-refractivity contribution in [3.05, 3.63) is 34.8 Å². The monoisotopic (exact) mass is 388 g/mol. The van der Waals surface area contributed by atoms with Crippen LogP contribution in [0.5, 0.6) is 0 Å². The summed E-state index contributed by atoms with van der Waals surface area (Å²) in [5.41, 5.74) is 1.28. The normalized spacial score (nSPS) is 18.9. The molecule has 1 aromatic heterocycles. The molecule has 1 aliphatic rings. The van der Waals surface area contributed by atoms with Crippen molar-refractivity contribution >= 4 is 37.9 Å². The molecule has 3 rings (SSSR count). The highest BCUT2D eigenvalue weighted by molar-refractivity contribution is 9.10. The molecule has 0 radical (unpaired) electrons. The van der Waals surface area contributed by atoms with Gasteiger partial charge in [0, 0.05) is 29.1 Å². The Morgan fingerprint density at radius 3 is 2.59 bits per heavy atom. The first kappa shape index (κ1) is 15.2. The average molecular weight is 389 g/mol. The topological polar surface area (TPSA) is 80.5 Å². The predicted molar refractivity (Wildman–Crippen MR) is 80.4 cm³/mol. The van der Waals surface area contributed by atoms with Gasteiger partial charge in [-0.2, -0.15) is 8.42 Å². The van der Waals surface area contributed by atoms with Gasteiger partial charge in [-0.05, 0) is 12.1 Å². The lowest BCUT2D eigenvalue weighted by molar-refractivity contribution is -0.117. The van der Waals surface area contributed by atoms with E-state index in [2.05, 4.69) is 21.1 Å². The van der Waals surface area contributed by atoms with Crippen LogP contribution in [0.15, 0.2) is 39.3 Å². The van der Waals surface area contributed by atoms with Gasteiger partial charge in [0.25, 0.3) is 0 Å². The van der Waals surface area contributed by atoms with Gasteiger partial charge in [0.05, 0.1) is 0 Å². The lowest BCUT2D eigenvalue weighted by Gasteiger charge is -2.10. The van der Waals surface area contributed by atoms with Crippen LogP contribution in [0.1, 0.15) is 6.42 Å². The second-order valence-corrected chi connectivity index (χ2v) is 7.40. The zero-order valence-electron chi connectivity index (χ0n) is 11.1. The van der Waals surface area contributed by atoms with Gasteiger partial charge in [-0.25, -0.2) is 0 Å². The summed E-state index contributed by atoms with van der Waals surface area (Å²) in [6, 6.07) is 8.81. The number of amides is 1. The van der Waals surface area contributed by atoms with Crippen LogP contribution < -0.4 is 4.90 Å². The summed E-state index contributed by atoms with van der Waals surface area (Å²) in [7, 11) is -4.76. The first-order valence-corrected chi connectivity index (χ1v) is 8.55. The summed E-state index contributed by atoms with van der Waals surface area (Å²) in [5.74, 6) is -0.404. The summed E-state index contributed by atoms with van der Waals surface area (Å²) in [6.45, 7) is -0.271. The van der Waals surface area contributed by atoms with Gasteiger partial charge in [0.2, 0.25) is 11.8 Å². The van der Waals surface area contributed by atoms with E-state index in [1.54, 1.807) is 0 Å². The highest BCUT2D eigenvalue weighted by atomic mass is 79.9. The van der Waals surface area contributed by atoms with Gasteiger partial charge in [0.1, 0.15) is 10.9 Å². The minimum atomic E-state index is -4.76. The molecule has 22 heavy (non-hydrogen) atoms. The Labute approximate surface area is 134 Å². The van der Waals surface area contributed by atoms with Crippen LogP contribution in [0, 0.1) is 0 Å². The summed E-state index contributed by atoms with van der Waals surface area (Å²) in [6.07, 6.45) is -0.396. The van der Waals surface area contributed by atoms with E-state index in [0.29, 0.717) is 5.69 Å². The fourth-order valence-corrected chi connectivity index (χ4v) is 3.16. The number of hydrogen-bond acceptors (Lipinski definition) is 5. The van der Waals surface area contributed by atoms with Crippen LogP contribution in [0.3, 0.4) is 0 Å². The molecule has 0 saturated carbocycles. The Kier molecular flexibility index (Phi) is 3.77. The molecule has 116 valence electrons. The molecule has 0 spiro atoms. The fraction of sp³-hybridized carbons (Fsp3) is 0.231. The van der Waals surface area contributed by atoms with E-state index >= 15 is 0 Å². The summed E-state index contributed by atoms with van der Waals surface area (Å²) < 4.78 is 40.8. The number of carbonyl (C=O) groups excluding carboxylic acids is 1. The van der Waals surface area contributed by atoms with Crippen molar-refractivity contribution in [1.82, 2.24) is 5.16 Å². The Morgan fingerprint density at radius 2 is 2.00 bits per heavy atom. The Morgan fingerprint density at radius 1 is 1.32 bits per heavy atom. The number of rotatable bonds is 3. The molecule has 1 aromatic carbocycles. The highest BCUT2D eigenvalue weighted by Crippen LogP contribution is 2.29. The molecule has 1 fully saturated rings. The van der Waals surface area contributed by atoms with Crippen molar-refractivity contribution in [3.8, 4) is 11.3 Å². The smallest absolute Gasteiger partial charge is 0.307 e. The lowest BCUT2D eigenvalue weighted by atomic mass is 10.1. The van der Waals surface area contributed by atoms with Gasteiger partial charge in [-0.3, -0.25) is 9.69 Å². The maximum absolute atomic E-state index is 13.0. The van der Waals surface area contributed by atoms with Gasteiger partial charge < -0.3 is 4.52 Å². The van der Waals surface area contributed by atoms with E-state index < -0.39 is 27.8 Å². The number of aromatic nitrogens is 1. The SMILES string of the molecule is O=C1CC(S(=O)(=O)F)CN1c1cc(-c2ccc(Br)cc2)no1. The van der Waals surface area contributed by atoms with Gasteiger partial charge in [-0.1, -0.05) is 33.2 Å². The first-order chi connectivity index (χ1) is 10.3. The highest BCUT2D eigenvalue weighted by Gasteiger charge is 2.40. The van der Waals surface area contributed by atoms with Crippen molar-refractivity contribution in [1.29, 1.82) is 0 Å². The van der Waals surface area contributed by atoms with E-state index in [0.717, 1.165) is 14.9 Å². The third-order valence-electron chi connectivity index (χ3n) is 3.39. The molecule has 0 N–H and O–H groups in total. The van der Waals surface area contributed by atoms with Crippen molar-refractivity contribution in [2.24, 2.45) is 0 Å². The molecule has 2 heterocycles. The molecule has 0 aliphatic carbocycles. The van der Waals surface area contributed by atoms with Crippen molar-refractivity contribution in [2.75, 3.05) is 11.4 Å².